The molecule has 0 aromatic heterocycles. The summed E-state index contributed by atoms with van der Waals surface area (Å²) in [5.74, 6) is -0.257. The van der Waals surface area contributed by atoms with Crippen LogP contribution in [-0.2, 0) is 14.8 Å². The number of nitrogens with two attached hydrogens (primary N) is 1. The van der Waals surface area contributed by atoms with Crippen molar-refractivity contribution in [3.05, 3.63) is 24.3 Å². The number of rotatable bonds is 5. The number of carbonyl (C=O) groups excluding carboxylic acids is 1. The van der Waals surface area contributed by atoms with E-state index in [0.717, 1.165) is 6.26 Å². The summed E-state index contributed by atoms with van der Waals surface area (Å²) in [5.41, 5.74) is 6.26. The molecule has 6 nitrogen and oxygen atoms in total. The number of nitrogens with one attached hydrogen (secondary N) is 2. The molecular weight excluding hydrogens is 254 g/mol. The van der Waals surface area contributed by atoms with Gasteiger partial charge in [-0.2, -0.15) is 0 Å². The van der Waals surface area contributed by atoms with Crippen molar-refractivity contribution in [2.75, 3.05) is 16.3 Å². The fourth-order valence-corrected chi connectivity index (χ4v) is 1.95. The van der Waals surface area contributed by atoms with Crippen LogP contribution in [0.4, 0.5) is 11.4 Å². The molecule has 0 saturated heterocycles. The summed E-state index contributed by atoms with van der Waals surface area (Å²) in [6.45, 7) is 1.72. The number of hydrogen-bond donors (Lipinski definition) is 3. The molecule has 0 saturated carbocycles. The number of para-hydroxylation sites is 2. The van der Waals surface area contributed by atoms with Gasteiger partial charge in [0.2, 0.25) is 15.9 Å². The third-order valence-corrected chi connectivity index (χ3v) is 2.59. The Bertz CT molecular complexity index is 526. The van der Waals surface area contributed by atoms with Crippen LogP contribution in [-0.4, -0.2) is 26.6 Å². The van der Waals surface area contributed by atoms with Crippen molar-refractivity contribution in [1.82, 2.24) is 0 Å². The molecular formula is C11H17N3O3S. The first-order valence-corrected chi connectivity index (χ1v) is 7.29. The standard InChI is InChI=1S/C11H17N3O3S/c1-8(12)7-11(15)13-9-5-3-4-6-10(9)14-18(2,16)17/h3-6,8,14H,7,12H2,1-2H3,(H,13,15). The average molecular weight is 271 g/mol. The molecule has 0 bridgehead atoms. The van der Waals surface area contributed by atoms with Crippen LogP contribution in [0.5, 0.6) is 0 Å². The maximum Gasteiger partial charge on any atom is 0.229 e. The minimum Gasteiger partial charge on any atom is -0.327 e. The lowest BCUT2D eigenvalue weighted by Gasteiger charge is -2.12. The lowest BCUT2D eigenvalue weighted by Crippen LogP contribution is -2.24. The number of carbonyl (C=O) groups is 1. The number of sulfonamides is 1. The molecule has 1 aromatic rings. The van der Waals surface area contributed by atoms with Crippen molar-refractivity contribution in [2.45, 2.75) is 19.4 Å². The molecule has 0 aliphatic rings. The number of amides is 1. The molecule has 1 amide bonds. The van der Waals surface area contributed by atoms with Crippen molar-refractivity contribution in [1.29, 1.82) is 0 Å². The van der Waals surface area contributed by atoms with E-state index in [-0.39, 0.29) is 18.4 Å². The summed E-state index contributed by atoms with van der Waals surface area (Å²) >= 11 is 0. The highest BCUT2D eigenvalue weighted by atomic mass is 32.2. The van der Waals surface area contributed by atoms with Gasteiger partial charge in [0, 0.05) is 12.5 Å². The molecule has 1 aromatic carbocycles. The highest BCUT2D eigenvalue weighted by Gasteiger charge is 2.10. The van der Waals surface area contributed by atoms with Gasteiger partial charge in [-0.05, 0) is 19.1 Å². The smallest absolute Gasteiger partial charge is 0.229 e. The van der Waals surface area contributed by atoms with Crippen molar-refractivity contribution >= 4 is 27.3 Å². The lowest BCUT2D eigenvalue weighted by atomic mass is 10.2. The van der Waals surface area contributed by atoms with Gasteiger partial charge in [0.1, 0.15) is 0 Å². The van der Waals surface area contributed by atoms with Crippen LogP contribution in [0.15, 0.2) is 24.3 Å². The van der Waals surface area contributed by atoms with E-state index < -0.39 is 10.0 Å². The van der Waals surface area contributed by atoms with E-state index >= 15 is 0 Å². The number of benzene rings is 1. The molecule has 18 heavy (non-hydrogen) atoms. The molecule has 0 aliphatic heterocycles. The van der Waals surface area contributed by atoms with Gasteiger partial charge in [0.05, 0.1) is 17.6 Å². The molecule has 0 spiro atoms. The second-order valence-corrected chi connectivity index (χ2v) is 5.90. The zero-order valence-corrected chi connectivity index (χ0v) is 11.1. The van der Waals surface area contributed by atoms with Crippen LogP contribution < -0.4 is 15.8 Å². The van der Waals surface area contributed by atoms with E-state index in [1.807, 2.05) is 0 Å². The maximum absolute atomic E-state index is 11.6. The summed E-state index contributed by atoms with van der Waals surface area (Å²) < 4.78 is 24.7. The number of hydrogen-bond acceptors (Lipinski definition) is 4. The second kappa shape index (κ2) is 5.83. The van der Waals surface area contributed by atoms with E-state index in [2.05, 4.69) is 10.0 Å². The average Bonchev–Trinajstić information content (AvgIpc) is 2.17. The molecule has 0 aliphatic carbocycles. The Morgan fingerprint density at radius 3 is 2.39 bits per heavy atom. The highest BCUT2D eigenvalue weighted by Crippen LogP contribution is 2.22. The van der Waals surface area contributed by atoms with E-state index in [0.29, 0.717) is 11.4 Å². The minimum absolute atomic E-state index is 0.174. The minimum atomic E-state index is -3.38. The van der Waals surface area contributed by atoms with E-state index in [1.165, 1.54) is 0 Å². The second-order valence-electron chi connectivity index (χ2n) is 4.15. The van der Waals surface area contributed by atoms with E-state index in [9.17, 15) is 13.2 Å². The van der Waals surface area contributed by atoms with Crippen molar-refractivity contribution in [3.8, 4) is 0 Å². The lowest BCUT2D eigenvalue weighted by molar-refractivity contribution is -0.116. The van der Waals surface area contributed by atoms with Crippen LogP contribution >= 0.6 is 0 Å². The summed E-state index contributed by atoms with van der Waals surface area (Å²) in [6, 6.07) is 6.32. The monoisotopic (exact) mass is 271 g/mol. The Balaban J connectivity index is 2.86. The molecule has 1 unspecified atom stereocenters. The van der Waals surface area contributed by atoms with Gasteiger partial charge < -0.3 is 11.1 Å². The van der Waals surface area contributed by atoms with Gasteiger partial charge in [0.25, 0.3) is 0 Å². The maximum atomic E-state index is 11.6. The van der Waals surface area contributed by atoms with Crippen LogP contribution in [0.1, 0.15) is 13.3 Å². The Morgan fingerprint density at radius 2 is 1.89 bits per heavy atom. The third kappa shape index (κ3) is 5.15. The molecule has 0 radical (unpaired) electrons. The molecule has 0 fully saturated rings. The van der Waals surface area contributed by atoms with Gasteiger partial charge in [-0.3, -0.25) is 9.52 Å². The van der Waals surface area contributed by atoms with Crippen LogP contribution in [0.3, 0.4) is 0 Å². The fourth-order valence-electron chi connectivity index (χ4n) is 1.37. The Hall–Kier alpha value is -1.60. The van der Waals surface area contributed by atoms with Gasteiger partial charge in [-0.15, -0.1) is 0 Å². The first kappa shape index (κ1) is 14.5. The summed E-state index contributed by atoms with van der Waals surface area (Å²) in [7, 11) is -3.38. The predicted octanol–water partition coefficient (Wildman–Crippen LogP) is 0.734. The zero-order valence-electron chi connectivity index (χ0n) is 10.3. The highest BCUT2D eigenvalue weighted by molar-refractivity contribution is 7.92. The van der Waals surface area contributed by atoms with E-state index in [1.54, 1.807) is 31.2 Å². The van der Waals surface area contributed by atoms with Gasteiger partial charge in [0.15, 0.2) is 0 Å². The Labute approximate surface area is 107 Å². The molecule has 7 heteroatoms. The zero-order chi connectivity index (χ0) is 13.8. The predicted molar refractivity (Wildman–Crippen MR) is 71.8 cm³/mol. The van der Waals surface area contributed by atoms with Crippen molar-refractivity contribution in [2.24, 2.45) is 5.73 Å². The topological polar surface area (TPSA) is 101 Å². The largest absolute Gasteiger partial charge is 0.327 e. The van der Waals surface area contributed by atoms with Gasteiger partial charge >= 0.3 is 0 Å². The summed E-state index contributed by atoms with van der Waals surface area (Å²) in [6.07, 6.45) is 1.22. The molecule has 0 heterocycles. The molecule has 1 rings (SSSR count). The summed E-state index contributed by atoms with van der Waals surface area (Å²) in [5, 5.41) is 2.62. The summed E-state index contributed by atoms with van der Waals surface area (Å²) in [4.78, 5) is 11.6. The SMILES string of the molecule is CC(N)CC(=O)Nc1ccccc1NS(C)(=O)=O. The Kier molecular flexibility index (Phi) is 4.69. The molecule has 100 valence electrons. The quantitative estimate of drug-likeness (QED) is 0.735. The number of anilines is 2. The fraction of sp³-hybridized carbons (Fsp3) is 0.364. The first-order valence-electron chi connectivity index (χ1n) is 5.40. The van der Waals surface area contributed by atoms with Crippen LogP contribution in [0.25, 0.3) is 0 Å². The molecule has 4 N–H and O–H groups in total. The van der Waals surface area contributed by atoms with Crippen LogP contribution in [0, 0.1) is 0 Å². The van der Waals surface area contributed by atoms with Crippen molar-refractivity contribution in [3.63, 3.8) is 0 Å². The van der Waals surface area contributed by atoms with Crippen LogP contribution in [0.2, 0.25) is 0 Å². The third-order valence-electron chi connectivity index (χ3n) is 2.00. The van der Waals surface area contributed by atoms with Crippen molar-refractivity contribution < 1.29 is 13.2 Å². The molecule has 1 atom stereocenters. The first-order chi connectivity index (χ1) is 8.28. The van der Waals surface area contributed by atoms with E-state index in [4.69, 9.17) is 5.73 Å². The van der Waals surface area contributed by atoms with Gasteiger partial charge in [-0.1, -0.05) is 12.1 Å². The van der Waals surface area contributed by atoms with Gasteiger partial charge in [-0.25, -0.2) is 8.42 Å². The Morgan fingerprint density at radius 1 is 1.33 bits per heavy atom. The normalized spacial score (nSPS) is 12.8.